The van der Waals surface area contributed by atoms with Crippen molar-refractivity contribution in [3.8, 4) is 5.75 Å². The molecule has 0 radical (unpaired) electrons. The van der Waals surface area contributed by atoms with Gasteiger partial charge in [0, 0.05) is 25.2 Å². The van der Waals surface area contributed by atoms with Crippen LogP contribution < -0.4 is 15.4 Å². The minimum absolute atomic E-state index is 0.0366. The highest BCUT2D eigenvalue weighted by Crippen LogP contribution is 2.50. The number of aliphatic hydroxyl groups is 2. The van der Waals surface area contributed by atoms with Crippen LogP contribution in [0.25, 0.3) is 21.9 Å². The zero-order valence-corrected chi connectivity index (χ0v) is 25.5. The summed E-state index contributed by atoms with van der Waals surface area (Å²) in [6.07, 6.45) is 2.90. The van der Waals surface area contributed by atoms with Gasteiger partial charge in [-0.15, -0.1) is 0 Å². The van der Waals surface area contributed by atoms with E-state index < -0.39 is 24.0 Å². The monoisotopic (exact) mass is 644 g/mol. The maximum absolute atomic E-state index is 11.6. The lowest BCUT2D eigenvalue weighted by Gasteiger charge is -2.26. The minimum Gasteiger partial charge on any atom is -0.497 e. The molecule has 5 atom stereocenters. The SMILES string of the molecule is CNc1ncnc2c1ccn2[C@@H]1O[C@@H]2C(Cc3ccc4cc(Br)c(NCc5ccc(OC)cc5)nc4c3)CC[C@]2(O)[C@H]1O. The molecule has 222 valence electrons. The standard InChI is InChI=1S/C32H33BrN6O4/c1-34-28-23-10-12-39(30(23)37-17-36-28)31-26(40)32(41)11-9-21(27(32)43-31)13-19-3-6-20-15-24(33)29(38-25(20)14-19)35-16-18-4-7-22(42-2)8-5-18/h3-8,10,12,14-15,17,21,26-27,31,40-41H,9,11,13,16H2,1-2H3,(H,35,38)(H,34,36,37)/t21?,26-,27+,31+,32-/m0/s1. The molecular formula is C32H33BrN6O4. The predicted molar refractivity (Wildman–Crippen MR) is 168 cm³/mol. The topological polar surface area (TPSA) is 127 Å². The molecule has 1 saturated heterocycles. The fourth-order valence-electron chi connectivity index (χ4n) is 6.61. The summed E-state index contributed by atoms with van der Waals surface area (Å²) in [5, 5.41) is 31.3. The first kappa shape index (κ1) is 28.0. The highest BCUT2D eigenvalue weighted by atomic mass is 79.9. The number of halogens is 1. The van der Waals surface area contributed by atoms with E-state index in [0.717, 1.165) is 49.9 Å². The third-order valence-corrected chi connectivity index (χ3v) is 9.48. The zero-order valence-electron chi connectivity index (χ0n) is 23.9. The highest BCUT2D eigenvalue weighted by molar-refractivity contribution is 9.10. The Balaban J connectivity index is 1.10. The van der Waals surface area contributed by atoms with Crippen LogP contribution >= 0.6 is 15.9 Å². The quantitative estimate of drug-likeness (QED) is 0.184. The molecule has 10 nitrogen and oxygen atoms in total. The summed E-state index contributed by atoms with van der Waals surface area (Å²) in [6, 6.07) is 18.2. The smallest absolute Gasteiger partial charge is 0.164 e. The van der Waals surface area contributed by atoms with Crippen LogP contribution in [0.2, 0.25) is 0 Å². The van der Waals surface area contributed by atoms with Gasteiger partial charge < -0.3 is 34.9 Å². The van der Waals surface area contributed by atoms with Crippen LogP contribution in [0, 0.1) is 5.92 Å². The summed E-state index contributed by atoms with van der Waals surface area (Å²) >= 11 is 3.66. The van der Waals surface area contributed by atoms with Crippen molar-refractivity contribution in [1.82, 2.24) is 19.5 Å². The van der Waals surface area contributed by atoms with Gasteiger partial charge in [0.1, 0.15) is 41.1 Å². The first-order chi connectivity index (χ1) is 20.9. The zero-order chi connectivity index (χ0) is 29.7. The number of rotatable bonds is 8. The van der Waals surface area contributed by atoms with Crippen LogP contribution in [0.1, 0.15) is 30.2 Å². The van der Waals surface area contributed by atoms with E-state index in [9.17, 15) is 10.2 Å². The third-order valence-electron chi connectivity index (χ3n) is 8.88. The molecule has 43 heavy (non-hydrogen) atoms. The molecule has 11 heteroatoms. The van der Waals surface area contributed by atoms with E-state index >= 15 is 0 Å². The molecule has 1 unspecified atom stereocenters. The Labute approximate surface area is 257 Å². The molecule has 0 bridgehead atoms. The molecule has 3 aromatic heterocycles. The summed E-state index contributed by atoms with van der Waals surface area (Å²) in [5.41, 5.74) is 2.43. The number of nitrogens with one attached hydrogen (secondary N) is 2. The van der Waals surface area contributed by atoms with Crippen molar-refractivity contribution in [1.29, 1.82) is 0 Å². The average molecular weight is 646 g/mol. The Hall–Kier alpha value is -3.77. The molecule has 1 saturated carbocycles. The van der Waals surface area contributed by atoms with Crippen LogP contribution in [0.4, 0.5) is 11.6 Å². The fourth-order valence-corrected chi connectivity index (χ4v) is 7.08. The fraction of sp³-hybridized carbons (Fsp3) is 0.344. The van der Waals surface area contributed by atoms with Gasteiger partial charge in [-0.25, -0.2) is 15.0 Å². The van der Waals surface area contributed by atoms with Crippen LogP contribution in [-0.4, -0.2) is 61.7 Å². The van der Waals surface area contributed by atoms with E-state index in [0.29, 0.717) is 30.9 Å². The van der Waals surface area contributed by atoms with Gasteiger partial charge in [0.15, 0.2) is 6.23 Å². The summed E-state index contributed by atoms with van der Waals surface area (Å²) in [4.78, 5) is 13.6. The van der Waals surface area contributed by atoms with Crippen molar-refractivity contribution >= 4 is 49.5 Å². The lowest BCUT2D eigenvalue weighted by Crippen LogP contribution is -2.45. The second kappa shape index (κ2) is 11.1. The van der Waals surface area contributed by atoms with Gasteiger partial charge >= 0.3 is 0 Å². The van der Waals surface area contributed by atoms with Crippen molar-refractivity contribution in [2.24, 2.45) is 5.92 Å². The van der Waals surface area contributed by atoms with E-state index in [1.807, 2.05) is 36.5 Å². The normalized spacial score (nSPS) is 24.9. The predicted octanol–water partition coefficient (Wildman–Crippen LogP) is 5.05. The number of aliphatic hydroxyl groups excluding tert-OH is 1. The molecule has 2 aromatic carbocycles. The molecule has 0 amide bonds. The van der Waals surface area contributed by atoms with Gasteiger partial charge in [0.05, 0.1) is 28.6 Å². The van der Waals surface area contributed by atoms with Gasteiger partial charge in [0.25, 0.3) is 0 Å². The maximum Gasteiger partial charge on any atom is 0.164 e. The number of ether oxygens (including phenoxy) is 2. The van der Waals surface area contributed by atoms with Crippen LogP contribution in [0.3, 0.4) is 0 Å². The number of hydrogen-bond acceptors (Lipinski definition) is 9. The van der Waals surface area contributed by atoms with E-state index in [4.69, 9.17) is 14.5 Å². The number of aromatic nitrogens is 4. The summed E-state index contributed by atoms with van der Waals surface area (Å²) in [6.45, 7) is 0.628. The van der Waals surface area contributed by atoms with Crippen LogP contribution in [0.5, 0.6) is 5.75 Å². The van der Waals surface area contributed by atoms with Gasteiger partial charge in [-0.3, -0.25) is 0 Å². The molecule has 4 heterocycles. The Morgan fingerprint density at radius 3 is 2.70 bits per heavy atom. The Morgan fingerprint density at radius 1 is 1.09 bits per heavy atom. The average Bonchev–Trinajstić information content (AvgIpc) is 3.67. The summed E-state index contributed by atoms with van der Waals surface area (Å²) in [7, 11) is 3.46. The van der Waals surface area contributed by atoms with Crippen molar-refractivity contribution in [3.63, 3.8) is 0 Å². The Morgan fingerprint density at radius 2 is 1.91 bits per heavy atom. The molecule has 5 aromatic rings. The van der Waals surface area contributed by atoms with Gasteiger partial charge in [-0.1, -0.05) is 24.3 Å². The number of benzene rings is 2. The Kier molecular flexibility index (Phi) is 7.21. The largest absolute Gasteiger partial charge is 0.497 e. The second-order valence-corrected chi connectivity index (χ2v) is 12.2. The number of pyridine rings is 1. The highest BCUT2D eigenvalue weighted by Gasteiger charge is 2.61. The first-order valence-electron chi connectivity index (χ1n) is 14.4. The second-order valence-electron chi connectivity index (χ2n) is 11.4. The summed E-state index contributed by atoms with van der Waals surface area (Å²) < 4.78 is 14.4. The molecule has 2 aliphatic rings. The van der Waals surface area contributed by atoms with E-state index in [2.05, 4.69) is 60.8 Å². The number of anilines is 2. The van der Waals surface area contributed by atoms with Gasteiger partial charge in [0.2, 0.25) is 0 Å². The van der Waals surface area contributed by atoms with Gasteiger partial charge in [-0.05, 0) is 82.6 Å². The summed E-state index contributed by atoms with van der Waals surface area (Å²) in [5.74, 6) is 2.33. The lowest BCUT2D eigenvalue weighted by molar-refractivity contribution is -0.0675. The number of nitrogens with zero attached hydrogens (tertiary/aromatic N) is 4. The van der Waals surface area contributed by atoms with E-state index in [1.54, 1.807) is 18.7 Å². The molecule has 0 spiro atoms. The number of fused-ring (bicyclic) bond motifs is 3. The first-order valence-corrected chi connectivity index (χ1v) is 15.2. The van der Waals surface area contributed by atoms with E-state index in [-0.39, 0.29) is 5.92 Å². The molecular weight excluding hydrogens is 612 g/mol. The van der Waals surface area contributed by atoms with Crippen LogP contribution in [0.15, 0.2) is 71.6 Å². The molecule has 1 aliphatic carbocycles. The Bertz CT molecular complexity index is 1800. The molecule has 1 aliphatic heterocycles. The number of methoxy groups -OCH3 is 1. The van der Waals surface area contributed by atoms with Crippen LogP contribution in [-0.2, 0) is 17.7 Å². The maximum atomic E-state index is 11.6. The number of hydrogen-bond donors (Lipinski definition) is 4. The minimum atomic E-state index is -1.33. The third kappa shape index (κ3) is 4.90. The molecule has 2 fully saturated rings. The van der Waals surface area contributed by atoms with Crippen molar-refractivity contribution in [2.75, 3.05) is 24.8 Å². The lowest BCUT2D eigenvalue weighted by atomic mass is 9.90. The van der Waals surface area contributed by atoms with Crippen molar-refractivity contribution in [3.05, 3.63) is 82.7 Å². The van der Waals surface area contributed by atoms with Crippen molar-refractivity contribution in [2.45, 2.75) is 49.8 Å². The van der Waals surface area contributed by atoms with E-state index in [1.165, 1.54) is 6.33 Å². The van der Waals surface area contributed by atoms with Crippen molar-refractivity contribution < 1.29 is 19.7 Å². The molecule has 7 rings (SSSR count). The molecule has 4 N–H and O–H groups in total. The van der Waals surface area contributed by atoms with Gasteiger partial charge in [-0.2, -0.15) is 0 Å².